The van der Waals surface area contributed by atoms with Crippen molar-refractivity contribution in [1.29, 1.82) is 0 Å². The van der Waals surface area contributed by atoms with Gasteiger partial charge >= 0.3 is 0 Å². The van der Waals surface area contributed by atoms with Crippen molar-refractivity contribution in [2.45, 2.75) is 6.92 Å². The first-order valence-corrected chi connectivity index (χ1v) is 6.88. The molecule has 0 fully saturated rings. The molecule has 3 N–H and O–H groups in total. The summed E-state index contributed by atoms with van der Waals surface area (Å²) in [6.45, 7) is 1.44. The molecule has 2 aromatic carbocycles. The Kier molecular flexibility index (Phi) is 3.62. The maximum atomic E-state index is 12.2. The number of hydrogen-bond acceptors (Lipinski definition) is 2. The minimum atomic E-state index is -0.194. The molecular weight excluding hydrogens is 278 g/mol. The molecule has 0 aliphatic heterocycles. The second kappa shape index (κ2) is 5.73. The third-order valence-corrected chi connectivity index (χ3v) is 3.28. The van der Waals surface area contributed by atoms with Crippen molar-refractivity contribution in [1.82, 2.24) is 4.98 Å². The van der Waals surface area contributed by atoms with Gasteiger partial charge in [0.15, 0.2) is 0 Å². The summed E-state index contributed by atoms with van der Waals surface area (Å²) >= 11 is 0. The average Bonchev–Trinajstić information content (AvgIpc) is 2.95. The number of nitrogens with one attached hydrogen (secondary N) is 3. The van der Waals surface area contributed by atoms with Gasteiger partial charge < -0.3 is 15.6 Å². The summed E-state index contributed by atoms with van der Waals surface area (Å²) < 4.78 is 0. The zero-order chi connectivity index (χ0) is 15.5. The van der Waals surface area contributed by atoms with E-state index in [0.29, 0.717) is 11.3 Å². The molecular formula is C17H15N3O2. The highest BCUT2D eigenvalue weighted by atomic mass is 16.2. The number of rotatable bonds is 3. The lowest BCUT2D eigenvalue weighted by molar-refractivity contribution is -0.114. The summed E-state index contributed by atoms with van der Waals surface area (Å²) in [6, 6.07) is 14.4. The SMILES string of the molecule is CC(=O)Nc1ccc(C(=O)Nc2ccc3cc[nH]c3c2)cc1. The number of aromatic nitrogens is 1. The number of H-pyrrole nitrogens is 1. The molecule has 0 radical (unpaired) electrons. The molecule has 110 valence electrons. The Labute approximate surface area is 127 Å². The maximum absolute atomic E-state index is 12.2. The minimum Gasteiger partial charge on any atom is -0.361 e. The number of fused-ring (bicyclic) bond motifs is 1. The molecule has 1 aromatic heterocycles. The predicted molar refractivity (Wildman–Crippen MR) is 87.0 cm³/mol. The maximum Gasteiger partial charge on any atom is 0.255 e. The van der Waals surface area contributed by atoms with Gasteiger partial charge in [-0.2, -0.15) is 0 Å². The van der Waals surface area contributed by atoms with Gasteiger partial charge in [-0.25, -0.2) is 0 Å². The number of carbonyl (C=O) groups is 2. The van der Waals surface area contributed by atoms with Gasteiger partial charge in [0.25, 0.3) is 5.91 Å². The number of aromatic amines is 1. The Balaban J connectivity index is 1.74. The van der Waals surface area contributed by atoms with Gasteiger partial charge in [-0.05, 0) is 47.9 Å². The van der Waals surface area contributed by atoms with Gasteiger partial charge in [-0.15, -0.1) is 0 Å². The first-order chi connectivity index (χ1) is 10.6. The van der Waals surface area contributed by atoms with Crippen LogP contribution in [0, 0.1) is 0 Å². The monoisotopic (exact) mass is 293 g/mol. The van der Waals surface area contributed by atoms with Crippen molar-refractivity contribution in [2.24, 2.45) is 0 Å². The molecule has 5 nitrogen and oxygen atoms in total. The highest BCUT2D eigenvalue weighted by Crippen LogP contribution is 2.18. The van der Waals surface area contributed by atoms with Crippen LogP contribution in [-0.2, 0) is 4.79 Å². The van der Waals surface area contributed by atoms with Crippen LogP contribution in [0.4, 0.5) is 11.4 Å². The number of hydrogen-bond donors (Lipinski definition) is 3. The molecule has 0 aliphatic carbocycles. The standard InChI is InChI=1S/C17H15N3O2/c1-11(21)19-14-5-3-13(4-6-14)17(22)20-15-7-2-12-8-9-18-16(12)10-15/h2-10,18H,1H3,(H,19,21)(H,20,22). The summed E-state index contributed by atoms with van der Waals surface area (Å²) in [5, 5.41) is 6.61. The summed E-state index contributed by atoms with van der Waals surface area (Å²) in [6.07, 6.45) is 1.86. The molecule has 0 aliphatic rings. The fourth-order valence-electron chi connectivity index (χ4n) is 2.24. The molecule has 0 unspecified atom stereocenters. The summed E-state index contributed by atoms with van der Waals surface area (Å²) in [5.74, 6) is -0.336. The highest BCUT2D eigenvalue weighted by molar-refractivity contribution is 6.05. The van der Waals surface area contributed by atoms with Crippen LogP contribution >= 0.6 is 0 Å². The summed E-state index contributed by atoms with van der Waals surface area (Å²) in [5.41, 5.74) is 2.89. The Morgan fingerprint density at radius 3 is 2.36 bits per heavy atom. The van der Waals surface area contributed by atoms with E-state index in [0.717, 1.165) is 16.6 Å². The molecule has 3 aromatic rings. The van der Waals surface area contributed by atoms with Gasteiger partial charge in [0, 0.05) is 35.6 Å². The first-order valence-electron chi connectivity index (χ1n) is 6.88. The van der Waals surface area contributed by atoms with Crippen LogP contribution in [0.25, 0.3) is 10.9 Å². The van der Waals surface area contributed by atoms with Crippen LogP contribution in [0.5, 0.6) is 0 Å². The summed E-state index contributed by atoms with van der Waals surface area (Å²) in [4.78, 5) is 26.3. The molecule has 0 saturated carbocycles. The fraction of sp³-hybridized carbons (Fsp3) is 0.0588. The normalized spacial score (nSPS) is 10.4. The fourth-order valence-corrected chi connectivity index (χ4v) is 2.24. The van der Waals surface area contributed by atoms with E-state index in [1.165, 1.54) is 6.92 Å². The van der Waals surface area contributed by atoms with Crippen LogP contribution in [0.15, 0.2) is 54.7 Å². The molecule has 5 heteroatoms. The van der Waals surface area contributed by atoms with E-state index in [-0.39, 0.29) is 11.8 Å². The zero-order valence-electron chi connectivity index (χ0n) is 12.0. The average molecular weight is 293 g/mol. The van der Waals surface area contributed by atoms with Crippen molar-refractivity contribution in [3.05, 3.63) is 60.3 Å². The Bertz CT molecular complexity index is 834. The quantitative estimate of drug-likeness (QED) is 0.692. The van der Waals surface area contributed by atoms with Gasteiger partial charge in [0.2, 0.25) is 5.91 Å². The van der Waals surface area contributed by atoms with E-state index in [9.17, 15) is 9.59 Å². The third-order valence-electron chi connectivity index (χ3n) is 3.28. The van der Waals surface area contributed by atoms with E-state index in [2.05, 4.69) is 15.6 Å². The number of benzene rings is 2. The van der Waals surface area contributed by atoms with Crippen molar-refractivity contribution < 1.29 is 9.59 Å². The van der Waals surface area contributed by atoms with Gasteiger partial charge in [0.05, 0.1) is 0 Å². The molecule has 0 bridgehead atoms. The van der Waals surface area contributed by atoms with E-state index < -0.39 is 0 Å². The van der Waals surface area contributed by atoms with Crippen molar-refractivity contribution in [3.63, 3.8) is 0 Å². The van der Waals surface area contributed by atoms with Crippen LogP contribution in [0.2, 0.25) is 0 Å². The van der Waals surface area contributed by atoms with Gasteiger partial charge in [-0.3, -0.25) is 9.59 Å². The van der Waals surface area contributed by atoms with Gasteiger partial charge in [0.1, 0.15) is 0 Å². The van der Waals surface area contributed by atoms with Crippen LogP contribution in [0.1, 0.15) is 17.3 Å². The Morgan fingerprint density at radius 2 is 1.64 bits per heavy atom. The van der Waals surface area contributed by atoms with Crippen LogP contribution in [0.3, 0.4) is 0 Å². The molecule has 3 rings (SSSR count). The zero-order valence-corrected chi connectivity index (χ0v) is 12.0. The highest BCUT2D eigenvalue weighted by Gasteiger charge is 2.07. The lowest BCUT2D eigenvalue weighted by Gasteiger charge is -2.07. The molecule has 2 amide bonds. The van der Waals surface area contributed by atoms with Crippen molar-refractivity contribution >= 4 is 34.1 Å². The second-order valence-electron chi connectivity index (χ2n) is 4.99. The largest absolute Gasteiger partial charge is 0.361 e. The molecule has 0 atom stereocenters. The smallest absolute Gasteiger partial charge is 0.255 e. The van der Waals surface area contributed by atoms with E-state index in [1.54, 1.807) is 24.3 Å². The van der Waals surface area contributed by atoms with Crippen LogP contribution in [-0.4, -0.2) is 16.8 Å². The van der Waals surface area contributed by atoms with Crippen molar-refractivity contribution in [3.8, 4) is 0 Å². The lowest BCUT2D eigenvalue weighted by atomic mass is 10.1. The van der Waals surface area contributed by atoms with E-state index in [4.69, 9.17) is 0 Å². The Hall–Kier alpha value is -3.08. The predicted octanol–water partition coefficient (Wildman–Crippen LogP) is 3.38. The lowest BCUT2D eigenvalue weighted by Crippen LogP contribution is -2.12. The van der Waals surface area contributed by atoms with E-state index >= 15 is 0 Å². The topological polar surface area (TPSA) is 74.0 Å². The molecule has 0 spiro atoms. The number of carbonyl (C=O) groups excluding carboxylic acids is 2. The molecule has 1 heterocycles. The molecule has 0 saturated heterocycles. The number of anilines is 2. The summed E-state index contributed by atoms with van der Waals surface area (Å²) in [7, 11) is 0. The minimum absolute atomic E-state index is 0.142. The van der Waals surface area contributed by atoms with E-state index in [1.807, 2.05) is 30.5 Å². The second-order valence-corrected chi connectivity index (χ2v) is 4.99. The number of amides is 2. The van der Waals surface area contributed by atoms with Crippen molar-refractivity contribution in [2.75, 3.05) is 10.6 Å². The third kappa shape index (κ3) is 2.98. The van der Waals surface area contributed by atoms with Crippen LogP contribution < -0.4 is 10.6 Å². The van der Waals surface area contributed by atoms with Gasteiger partial charge in [-0.1, -0.05) is 6.07 Å². The molecule has 22 heavy (non-hydrogen) atoms. The Morgan fingerprint density at radius 1 is 0.909 bits per heavy atom. The first kappa shape index (κ1) is 13.9.